The van der Waals surface area contributed by atoms with Gasteiger partial charge < -0.3 is 14.7 Å². The van der Waals surface area contributed by atoms with Crippen LogP contribution in [0.25, 0.3) is 21.5 Å². The minimum atomic E-state index is -2.74. The lowest BCUT2D eigenvalue weighted by molar-refractivity contribution is 0.150. The number of hydrogen-bond acceptors (Lipinski definition) is 9. The summed E-state index contributed by atoms with van der Waals surface area (Å²) >= 11 is 2.25. The summed E-state index contributed by atoms with van der Waals surface area (Å²) in [4.78, 5) is 32.2. The van der Waals surface area contributed by atoms with Gasteiger partial charge in [-0.15, -0.1) is 10.2 Å². The highest BCUT2D eigenvalue weighted by atomic mass is 32.2. The van der Waals surface area contributed by atoms with Gasteiger partial charge in [0.15, 0.2) is 10.0 Å². The number of aromatic nitrogens is 4. The summed E-state index contributed by atoms with van der Waals surface area (Å²) in [5, 5.41) is 12.8. The molecule has 37 heavy (non-hydrogen) atoms. The summed E-state index contributed by atoms with van der Waals surface area (Å²) in [7, 11) is 4.98. The van der Waals surface area contributed by atoms with Crippen LogP contribution in [0.15, 0.2) is 21.8 Å². The molecule has 1 aromatic carbocycles. The van der Waals surface area contributed by atoms with Gasteiger partial charge in [0.1, 0.15) is 5.69 Å². The predicted octanol–water partition coefficient (Wildman–Crippen LogP) is 3.34. The second-order valence-electron chi connectivity index (χ2n) is 9.80. The van der Waals surface area contributed by atoms with Crippen molar-refractivity contribution >= 4 is 45.8 Å². The van der Waals surface area contributed by atoms with E-state index in [1.165, 1.54) is 23.7 Å². The van der Waals surface area contributed by atoms with E-state index in [1.807, 2.05) is 12.1 Å². The molecule has 10 nitrogen and oxygen atoms in total. The molecule has 2 aromatic heterocycles. The fourth-order valence-electron chi connectivity index (χ4n) is 4.20. The summed E-state index contributed by atoms with van der Waals surface area (Å²) < 4.78 is 31.2. The Morgan fingerprint density at radius 2 is 1.89 bits per heavy atom. The smallest absolute Gasteiger partial charge is 0.319 e. The normalized spacial score (nSPS) is 17.1. The van der Waals surface area contributed by atoms with Crippen molar-refractivity contribution in [2.24, 2.45) is 7.05 Å². The highest BCUT2D eigenvalue weighted by Crippen LogP contribution is 2.40. The molecule has 3 heterocycles. The zero-order valence-corrected chi connectivity index (χ0v) is 22.6. The Morgan fingerprint density at radius 1 is 1.19 bits per heavy atom. The number of carbonyl (C=O) groups excluding carboxylic acids is 1. The minimum absolute atomic E-state index is 0.0517. The Morgan fingerprint density at radius 3 is 2.49 bits per heavy atom. The van der Waals surface area contributed by atoms with Gasteiger partial charge in [0.05, 0.1) is 11.1 Å². The van der Waals surface area contributed by atoms with Gasteiger partial charge in [-0.25, -0.2) is 18.3 Å². The second kappa shape index (κ2) is 9.80. The van der Waals surface area contributed by atoms with Gasteiger partial charge in [0, 0.05) is 63.1 Å². The first-order valence-corrected chi connectivity index (χ1v) is 13.5. The van der Waals surface area contributed by atoms with Gasteiger partial charge in [0.2, 0.25) is 0 Å². The molecular weight excluding hydrogens is 522 g/mol. The molecule has 14 heteroatoms. The van der Waals surface area contributed by atoms with Crippen LogP contribution in [-0.4, -0.2) is 81.6 Å². The van der Waals surface area contributed by atoms with Gasteiger partial charge in [-0.1, -0.05) is 11.3 Å². The van der Waals surface area contributed by atoms with Gasteiger partial charge in [0.25, 0.3) is 12.0 Å². The van der Waals surface area contributed by atoms with Crippen LogP contribution in [0.4, 0.5) is 19.3 Å². The topological polar surface area (TPSA) is 99.5 Å². The largest absolute Gasteiger partial charge is 0.367 e. The fraction of sp³-hybridized carbons (Fsp3) is 0.522. The van der Waals surface area contributed by atoms with Crippen LogP contribution >= 0.6 is 23.3 Å². The van der Waals surface area contributed by atoms with Crippen LogP contribution in [0.1, 0.15) is 31.2 Å². The van der Waals surface area contributed by atoms with E-state index in [1.54, 1.807) is 23.9 Å². The van der Waals surface area contributed by atoms with Crippen molar-refractivity contribution in [3.8, 4) is 10.7 Å². The standard InChI is InChI=1S/C23H28F2N8O2S2/c1-23(5-6-23)29-37-13-11-14-16(15(12-13)32-7-9-33(10-8-32)22(35)30(2)3)21(34)31(4)28-17(14)19-26-27-20(36-19)18(24)25/h11-12,18,29H,5-10H2,1-4H3. The monoisotopic (exact) mass is 550 g/mol. The number of alkyl halides is 2. The maximum absolute atomic E-state index is 13.4. The molecule has 0 unspecified atom stereocenters. The number of benzene rings is 1. The molecule has 1 aliphatic heterocycles. The van der Waals surface area contributed by atoms with Crippen molar-refractivity contribution < 1.29 is 13.6 Å². The van der Waals surface area contributed by atoms with E-state index in [-0.39, 0.29) is 22.1 Å². The van der Waals surface area contributed by atoms with Crippen LogP contribution in [0.3, 0.4) is 0 Å². The average molecular weight is 551 g/mol. The maximum Gasteiger partial charge on any atom is 0.319 e. The highest BCUT2D eigenvalue weighted by molar-refractivity contribution is 7.97. The zero-order valence-electron chi connectivity index (χ0n) is 21.0. The number of hydrogen-bond donors (Lipinski definition) is 1. The van der Waals surface area contributed by atoms with E-state index in [2.05, 4.69) is 31.8 Å². The molecule has 1 saturated heterocycles. The molecule has 1 N–H and O–H groups in total. The number of fused-ring (bicyclic) bond motifs is 1. The first-order chi connectivity index (χ1) is 17.6. The number of halogens is 2. The molecule has 2 fully saturated rings. The number of nitrogens with zero attached hydrogens (tertiary/aromatic N) is 7. The highest BCUT2D eigenvalue weighted by Gasteiger charge is 2.37. The number of carbonyl (C=O) groups is 1. The van der Waals surface area contributed by atoms with Crippen molar-refractivity contribution in [1.82, 2.24) is 34.5 Å². The van der Waals surface area contributed by atoms with E-state index in [0.29, 0.717) is 42.6 Å². The quantitative estimate of drug-likeness (QED) is 0.467. The van der Waals surface area contributed by atoms with Crippen LogP contribution in [0.5, 0.6) is 0 Å². The van der Waals surface area contributed by atoms with Gasteiger partial charge in [-0.2, -0.15) is 5.10 Å². The molecule has 0 spiro atoms. The van der Waals surface area contributed by atoms with Crippen molar-refractivity contribution in [2.45, 2.75) is 36.6 Å². The molecule has 1 aliphatic carbocycles. The Balaban J connectivity index is 1.61. The minimum Gasteiger partial charge on any atom is -0.367 e. The molecule has 0 radical (unpaired) electrons. The van der Waals surface area contributed by atoms with Gasteiger partial charge >= 0.3 is 6.03 Å². The Hall–Kier alpha value is -2.84. The van der Waals surface area contributed by atoms with E-state index in [9.17, 15) is 18.4 Å². The molecule has 198 valence electrons. The number of nitrogens with one attached hydrogen (secondary N) is 1. The van der Waals surface area contributed by atoms with Crippen molar-refractivity contribution in [2.75, 3.05) is 45.2 Å². The van der Waals surface area contributed by atoms with Crippen LogP contribution in [-0.2, 0) is 7.05 Å². The molecule has 2 amide bonds. The molecule has 1 saturated carbocycles. The molecule has 0 bridgehead atoms. The molecule has 2 aliphatic rings. The number of amides is 2. The van der Waals surface area contributed by atoms with Gasteiger partial charge in [-0.3, -0.25) is 9.52 Å². The lowest BCUT2D eigenvalue weighted by Crippen LogP contribution is -2.51. The first kappa shape index (κ1) is 25.8. The molecule has 5 rings (SSSR count). The van der Waals surface area contributed by atoms with E-state index < -0.39 is 11.4 Å². The Labute approximate surface area is 220 Å². The van der Waals surface area contributed by atoms with Crippen molar-refractivity contribution in [3.63, 3.8) is 0 Å². The summed E-state index contributed by atoms with van der Waals surface area (Å²) in [5.74, 6) is 0. The third-order valence-corrected chi connectivity index (χ3v) is 8.63. The van der Waals surface area contributed by atoms with Crippen LogP contribution in [0.2, 0.25) is 0 Å². The number of urea groups is 1. The van der Waals surface area contributed by atoms with E-state index in [0.717, 1.165) is 34.8 Å². The fourth-order valence-corrected chi connectivity index (χ4v) is 5.82. The number of anilines is 1. The Kier molecular flexibility index (Phi) is 6.83. The second-order valence-corrected chi connectivity index (χ2v) is 11.7. The number of piperazine rings is 1. The van der Waals surface area contributed by atoms with Crippen molar-refractivity contribution in [1.29, 1.82) is 0 Å². The molecule has 0 atom stereocenters. The maximum atomic E-state index is 13.4. The third kappa shape index (κ3) is 5.14. The lowest BCUT2D eigenvalue weighted by atomic mass is 10.1. The number of aryl methyl sites for hydroxylation is 1. The van der Waals surface area contributed by atoms with Crippen molar-refractivity contribution in [3.05, 3.63) is 27.5 Å². The summed E-state index contributed by atoms with van der Waals surface area (Å²) in [5.41, 5.74) is 0.835. The third-order valence-electron chi connectivity index (χ3n) is 6.62. The van der Waals surface area contributed by atoms with Gasteiger partial charge in [-0.05, 0) is 43.8 Å². The summed E-state index contributed by atoms with van der Waals surface area (Å²) in [6.45, 7) is 4.27. The first-order valence-electron chi connectivity index (χ1n) is 11.9. The average Bonchev–Trinajstić information content (AvgIpc) is 3.41. The van der Waals surface area contributed by atoms with Crippen LogP contribution < -0.4 is 15.2 Å². The predicted molar refractivity (Wildman–Crippen MR) is 140 cm³/mol. The van der Waals surface area contributed by atoms with E-state index >= 15 is 0 Å². The Bertz CT molecular complexity index is 1400. The summed E-state index contributed by atoms with van der Waals surface area (Å²) in [6.07, 6.45) is -0.579. The SMILES string of the molecule is CN(C)C(=O)N1CCN(c2cc(SNC3(C)CC3)cc3c(-c4nnc(C(F)F)s4)nn(C)c(=O)c23)CC1. The number of rotatable bonds is 6. The summed E-state index contributed by atoms with van der Waals surface area (Å²) in [6, 6.07) is 3.79. The molecular formula is C23H28F2N8O2S2. The lowest BCUT2D eigenvalue weighted by Gasteiger charge is -2.37. The van der Waals surface area contributed by atoms with Crippen LogP contribution in [0, 0.1) is 0 Å². The van der Waals surface area contributed by atoms with E-state index in [4.69, 9.17) is 0 Å². The zero-order chi connectivity index (χ0) is 26.5. The molecule has 3 aromatic rings.